The van der Waals surface area contributed by atoms with Crippen LogP contribution in [0, 0.1) is 12.8 Å². The van der Waals surface area contributed by atoms with Crippen LogP contribution in [0.15, 0.2) is 48.5 Å². The standard InChI is InChI=1S/C22H25NO2/c1-14(2)18-11-10-15(3)19-13-21(16(4)12-20(18)19)25-22(24)23-17-8-6-5-7-9-17/h5-10,12-14,18H,11H2,1-4H3,(H,23,24)/t18-/m1/s1. The van der Waals surface area contributed by atoms with E-state index >= 15 is 0 Å². The number of ether oxygens (including phenoxy) is 1. The van der Waals surface area contributed by atoms with Crippen LogP contribution in [0.25, 0.3) is 5.57 Å². The van der Waals surface area contributed by atoms with Crippen molar-refractivity contribution < 1.29 is 9.53 Å². The molecule has 0 aliphatic heterocycles. The molecular formula is C22H25NO2. The summed E-state index contributed by atoms with van der Waals surface area (Å²) in [5.41, 5.74) is 5.52. The Morgan fingerprint density at radius 3 is 2.56 bits per heavy atom. The quantitative estimate of drug-likeness (QED) is 0.730. The number of hydrogen-bond donors (Lipinski definition) is 1. The average molecular weight is 335 g/mol. The third-order valence-electron chi connectivity index (χ3n) is 4.88. The van der Waals surface area contributed by atoms with E-state index in [-0.39, 0.29) is 0 Å². The van der Waals surface area contributed by atoms with Crippen molar-refractivity contribution in [3.63, 3.8) is 0 Å². The predicted octanol–water partition coefficient (Wildman–Crippen LogP) is 6.15. The summed E-state index contributed by atoms with van der Waals surface area (Å²) in [6, 6.07) is 13.5. The van der Waals surface area contributed by atoms with Crippen LogP contribution in [-0.2, 0) is 0 Å². The van der Waals surface area contributed by atoms with E-state index in [4.69, 9.17) is 4.74 Å². The second kappa shape index (κ2) is 7.14. The van der Waals surface area contributed by atoms with Crippen LogP contribution >= 0.6 is 0 Å². The van der Waals surface area contributed by atoms with Gasteiger partial charge >= 0.3 is 6.09 Å². The van der Waals surface area contributed by atoms with E-state index in [2.05, 4.69) is 38.2 Å². The summed E-state index contributed by atoms with van der Waals surface area (Å²) in [6.45, 7) is 8.64. The van der Waals surface area contributed by atoms with Crippen LogP contribution in [0.5, 0.6) is 5.75 Å². The first-order valence-electron chi connectivity index (χ1n) is 8.81. The van der Waals surface area contributed by atoms with Gasteiger partial charge < -0.3 is 4.74 Å². The fourth-order valence-electron chi connectivity index (χ4n) is 3.41. The van der Waals surface area contributed by atoms with Crippen LogP contribution in [0.3, 0.4) is 0 Å². The van der Waals surface area contributed by atoms with E-state index in [1.54, 1.807) is 0 Å². The minimum Gasteiger partial charge on any atom is -0.410 e. The summed E-state index contributed by atoms with van der Waals surface area (Å²) in [6.07, 6.45) is 2.90. The second-order valence-electron chi connectivity index (χ2n) is 7.06. The van der Waals surface area contributed by atoms with Crippen LogP contribution < -0.4 is 10.1 Å². The molecule has 3 rings (SSSR count). The predicted molar refractivity (Wildman–Crippen MR) is 103 cm³/mol. The highest BCUT2D eigenvalue weighted by Crippen LogP contribution is 2.41. The minimum absolute atomic E-state index is 0.466. The molecule has 1 N–H and O–H groups in total. The van der Waals surface area contributed by atoms with Gasteiger partial charge in [-0.3, -0.25) is 5.32 Å². The van der Waals surface area contributed by atoms with Gasteiger partial charge in [-0.1, -0.05) is 44.2 Å². The highest BCUT2D eigenvalue weighted by atomic mass is 16.6. The number of aryl methyl sites for hydroxylation is 1. The normalized spacial score (nSPS) is 16.2. The zero-order chi connectivity index (χ0) is 18.0. The number of nitrogens with one attached hydrogen (secondary N) is 1. The molecule has 0 bridgehead atoms. The summed E-state index contributed by atoms with van der Waals surface area (Å²) in [4.78, 5) is 12.2. The maximum Gasteiger partial charge on any atom is 0.417 e. The van der Waals surface area contributed by atoms with E-state index in [1.807, 2.05) is 43.3 Å². The zero-order valence-electron chi connectivity index (χ0n) is 15.3. The lowest BCUT2D eigenvalue weighted by Crippen LogP contribution is -2.18. The first-order chi connectivity index (χ1) is 12.0. The molecule has 2 aromatic carbocycles. The SMILES string of the molecule is CC1=CC[C@H](C(C)C)c2cc(C)c(OC(=O)Nc3ccccc3)cc21. The molecule has 3 heteroatoms. The van der Waals surface area contributed by atoms with E-state index in [9.17, 15) is 4.79 Å². The van der Waals surface area contributed by atoms with Gasteiger partial charge in [0.2, 0.25) is 0 Å². The molecule has 0 fully saturated rings. The fourth-order valence-corrected chi connectivity index (χ4v) is 3.41. The van der Waals surface area contributed by atoms with Crippen molar-refractivity contribution in [3.05, 3.63) is 65.2 Å². The van der Waals surface area contributed by atoms with E-state index < -0.39 is 6.09 Å². The molecule has 3 nitrogen and oxygen atoms in total. The molecule has 1 aliphatic carbocycles. The van der Waals surface area contributed by atoms with Crippen molar-refractivity contribution in [2.45, 2.75) is 40.0 Å². The Morgan fingerprint density at radius 1 is 1.16 bits per heavy atom. The Morgan fingerprint density at radius 2 is 1.88 bits per heavy atom. The number of carbonyl (C=O) groups excluding carboxylic acids is 1. The van der Waals surface area contributed by atoms with Crippen molar-refractivity contribution in [3.8, 4) is 5.75 Å². The number of hydrogen-bond acceptors (Lipinski definition) is 2. The third kappa shape index (κ3) is 3.76. The molecule has 0 radical (unpaired) electrons. The number of benzene rings is 2. The van der Waals surface area contributed by atoms with Gasteiger partial charge in [0.05, 0.1) is 0 Å². The molecule has 0 unspecified atom stereocenters. The first-order valence-corrected chi connectivity index (χ1v) is 8.81. The van der Waals surface area contributed by atoms with E-state index in [0.717, 1.165) is 17.7 Å². The van der Waals surface area contributed by atoms with E-state index in [1.165, 1.54) is 16.7 Å². The van der Waals surface area contributed by atoms with Gasteiger partial charge in [-0.25, -0.2) is 4.79 Å². The molecule has 1 amide bonds. The van der Waals surface area contributed by atoms with Gasteiger partial charge in [0.15, 0.2) is 0 Å². The number of carbonyl (C=O) groups is 1. The maximum absolute atomic E-state index is 12.2. The van der Waals surface area contributed by atoms with E-state index in [0.29, 0.717) is 17.6 Å². The van der Waals surface area contributed by atoms with Crippen molar-refractivity contribution in [1.29, 1.82) is 0 Å². The van der Waals surface area contributed by atoms with Crippen molar-refractivity contribution in [2.24, 2.45) is 5.92 Å². The topological polar surface area (TPSA) is 38.3 Å². The molecule has 1 atom stereocenters. The number of para-hydroxylation sites is 1. The van der Waals surface area contributed by atoms with Crippen LogP contribution in [0.1, 0.15) is 49.8 Å². The molecule has 0 aromatic heterocycles. The zero-order valence-corrected chi connectivity index (χ0v) is 15.3. The Balaban J connectivity index is 1.85. The fraction of sp³-hybridized carbons (Fsp3) is 0.318. The van der Waals surface area contributed by atoms with Gasteiger partial charge in [0, 0.05) is 5.69 Å². The lowest BCUT2D eigenvalue weighted by Gasteiger charge is -2.28. The lowest BCUT2D eigenvalue weighted by atomic mass is 9.77. The highest BCUT2D eigenvalue weighted by Gasteiger charge is 2.24. The lowest BCUT2D eigenvalue weighted by molar-refractivity contribution is 0.215. The molecule has 0 saturated carbocycles. The summed E-state index contributed by atoms with van der Waals surface area (Å²) in [5, 5.41) is 2.76. The van der Waals surface area contributed by atoms with Crippen molar-refractivity contribution in [1.82, 2.24) is 0 Å². The summed E-state index contributed by atoms with van der Waals surface area (Å²) in [5.74, 6) is 1.71. The Bertz CT molecular complexity index is 806. The molecule has 2 aromatic rings. The van der Waals surface area contributed by atoms with Crippen LogP contribution in [0.4, 0.5) is 10.5 Å². The summed E-state index contributed by atoms with van der Waals surface area (Å²) >= 11 is 0. The molecule has 0 heterocycles. The van der Waals surface area contributed by atoms with Crippen molar-refractivity contribution >= 4 is 17.4 Å². The number of anilines is 1. The van der Waals surface area contributed by atoms with Gasteiger partial charge in [-0.15, -0.1) is 0 Å². The first kappa shape index (κ1) is 17.3. The van der Waals surface area contributed by atoms with Crippen molar-refractivity contribution in [2.75, 3.05) is 5.32 Å². The maximum atomic E-state index is 12.2. The molecule has 130 valence electrons. The Hall–Kier alpha value is -2.55. The molecular weight excluding hydrogens is 310 g/mol. The average Bonchev–Trinajstić information content (AvgIpc) is 2.57. The monoisotopic (exact) mass is 335 g/mol. The molecule has 1 aliphatic rings. The van der Waals surface area contributed by atoms with Gasteiger partial charge in [-0.2, -0.15) is 0 Å². The van der Waals surface area contributed by atoms with Crippen LogP contribution in [-0.4, -0.2) is 6.09 Å². The smallest absolute Gasteiger partial charge is 0.410 e. The summed E-state index contributed by atoms with van der Waals surface area (Å²) < 4.78 is 5.58. The minimum atomic E-state index is -0.466. The van der Waals surface area contributed by atoms with Gasteiger partial charge in [0.25, 0.3) is 0 Å². The Kier molecular flexibility index (Phi) is 4.93. The summed E-state index contributed by atoms with van der Waals surface area (Å²) in [7, 11) is 0. The molecule has 25 heavy (non-hydrogen) atoms. The highest BCUT2D eigenvalue weighted by molar-refractivity contribution is 5.86. The molecule has 0 spiro atoms. The molecule has 0 saturated heterocycles. The number of fused-ring (bicyclic) bond motifs is 1. The number of allylic oxidation sites excluding steroid dienone is 2. The largest absolute Gasteiger partial charge is 0.417 e. The van der Waals surface area contributed by atoms with Gasteiger partial charge in [-0.05, 0) is 72.6 Å². The number of rotatable bonds is 3. The van der Waals surface area contributed by atoms with Crippen LogP contribution in [0.2, 0.25) is 0 Å². The van der Waals surface area contributed by atoms with Gasteiger partial charge in [0.1, 0.15) is 5.75 Å². The second-order valence-corrected chi connectivity index (χ2v) is 7.06. The number of amides is 1. The third-order valence-corrected chi connectivity index (χ3v) is 4.88. The Labute approximate surface area is 149 Å².